The van der Waals surface area contributed by atoms with Crippen molar-refractivity contribution in [1.82, 2.24) is 5.32 Å². The number of amides is 1. The Labute approximate surface area is 165 Å². The summed E-state index contributed by atoms with van der Waals surface area (Å²) in [6, 6.07) is 13.5. The van der Waals surface area contributed by atoms with E-state index in [9.17, 15) is 4.79 Å². The molecule has 2 aliphatic rings. The average molecular weight is 379 g/mol. The molecule has 1 amide bonds. The molecule has 0 atom stereocenters. The highest BCUT2D eigenvalue weighted by atomic mass is 16.7. The third-order valence-corrected chi connectivity index (χ3v) is 5.25. The molecule has 1 N–H and O–H groups in total. The van der Waals surface area contributed by atoms with Crippen molar-refractivity contribution < 1.29 is 14.3 Å². The van der Waals surface area contributed by atoms with Crippen LogP contribution in [-0.2, 0) is 5.41 Å². The molecule has 28 heavy (non-hydrogen) atoms. The zero-order valence-electron chi connectivity index (χ0n) is 16.5. The van der Waals surface area contributed by atoms with Gasteiger partial charge in [-0.3, -0.25) is 9.80 Å². The molecule has 4 rings (SSSR count). The van der Waals surface area contributed by atoms with Gasteiger partial charge in [-0.05, 0) is 48.9 Å². The number of hydrogen-bond acceptors (Lipinski definition) is 5. The molecule has 0 unspecified atom stereocenters. The number of nitrogens with zero attached hydrogens (tertiary/aromatic N) is 2. The van der Waals surface area contributed by atoms with Crippen molar-refractivity contribution in [3.05, 3.63) is 53.6 Å². The molecule has 2 aromatic rings. The Hall–Kier alpha value is -3.02. The highest BCUT2D eigenvalue weighted by Crippen LogP contribution is 2.36. The summed E-state index contributed by atoms with van der Waals surface area (Å²) >= 11 is 0. The van der Waals surface area contributed by atoms with E-state index >= 15 is 0 Å². The van der Waals surface area contributed by atoms with E-state index in [1.807, 2.05) is 54.4 Å². The Morgan fingerprint density at radius 2 is 1.89 bits per heavy atom. The minimum absolute atomic E-state index is 0.0820. The van der Waals surface area contributed by atoms with E-state index in [0.717, 1.165) is 41.4 Å². The summed E-state index contributed by atoms with van der Waals surface area (Å²) in [4.78, 5) is 12.6. The van der Waals surface area contributed by atoms with Gasteiger partial charge in [-0.2, -0.15) is 5.10 Å². The number of carbonyl (C=O) groups is 1. The van der Waals surface area contributed by atoms with Crippen molar-refractivity contribution >= 4 is 17.3 Å². The summed E-state index contributed by atoms with van der Waals surface area (Å²) in [6.07, 6.45) is 0.983. The van der Waals surface area contributed by atoms with Gasteiger partial charge in [-0.15, -0.1) is 0 Å². The summed E-state index contributed by atoms with van der Waals surface area (Å²) in [5.41, 5.74) is 3.64. The van der Waals surface area contributed by atoms with E-state index in [2.05, 4.69) is 24.3 Å². The lowest BCUT2D eigenvalue weighted by molar-refractivity contribution is 0.0945. The zero-order chi connectivity index (χ0) is 19.7. The maximum atomic E-state index is 12.6. The van der Waals surface area contributed by atoms with Gasteiger partial charge in [0.05, 0.1) is 5.69 Å². The molecule has 6 nitrogen and oxygen atoms in total. The molecule has 146 valence electrons. The largest absolute Gasteiger partial charge is 0.454 e. The van der Waals surface area contributed by atoms with Crippen molar-refractivity contribution in [1.29, 1.82) is 0 Å². The first-order valence-electron chi connectivity index (χ1n) is 9.52. The van der Waals surface area contributed by atoms with Crippen LogP contribution >= 0.6 is 0 Å². The number of ether oxygens (including phenoxy) is 2. The Kier molecular flexibility index (Phi) is 4.71. The van der Waals surface area contributed by atoms with Crippen LogP contribution in [0, 0.1) is 0 Å². The molecule has 0 bridgehead atoms. The molecule has 2 aromatic carbocycles. The van der Waals surface area contributed by atoms with Crippen LogP contribution in [0.5, 0.6) is 11.5 Å². The lowest BCUT2D eigenvalue weighted by atomic mass is 9.84. The molecule has 6 heteroatoms. The lowest BCUT2D eigenvalue weighted by Crippen LogP contribution is -2.36. The molecule has 0 saturated carbocycles. The van der Waals surface area contributed by atoms with Crippen molar-refractivity contribution in [2.24, 2.45) is 5.10 Å². The topological polar surface area (TPSA) is 63.2 Å². The Morgan fingerprint density at radius 3 is 2.61 bits per heavy atom. The predicted molar refractivity (Wildman–Crippen MR) is 109 cm³/mol. The highest BCUT2D eigenvalue weighted by Gasteiger charge is 2.25. The molecule has 0 fully saturated rings. The maximum absolute atomic E-state index is 12.6. The number of carbonyl (C=O) groups excluding carboxylic acids is 1. The second-order valence-corrected chi connectivity index (χ2v) is 7.89. The standard InChI is InChI=1S/C22H25N3O3/c1-15-10-11-25(24-15)18-7-4-16(5-8-18)21(26)23-13-22(2,3)17-6-9-19-20(12-17)28-14-27-19/h4-9,12H,10-11,13-14H2,1-3H3,(H,23,26). The van der Waals surface area contributed by atoms with Crippen LogP contribution in [0.1, 0.15) is 43.1 Å². The normalized spacial score (nSPS) is 15.5. The maximum Gasteiger partial charge on any atom is 0.251 e. The van der Waals surface area contributed by atoms with Gasteiger partial charge in [0, 0.05) is 36.2 Å². The molecular weight excluding hydrogens is 354 g/mol. The van der Waals surface area contributed by atoms with Crippen molar-refractivity contribution in [2.45, 2.75) is 32.6 Å². The monoisotopic (exact) mass is 379 g/mol. The van der Waals surface area contributed by atoms with Crippen LogP contribution in [0.4, 0.5) is 5.69 Å². The van der Waals surface area contributed by atoms with Gasteiger partial charge in [-0.25, -0.2) is 0 Å². The SMILES string of the molecule is CC1=NN(c2ccc(C(=O)NCC(C)(C)c3ccc4c(c3)OCO4)cc2)CC1. The number of rotatable bonds is 5. The average Bonchev–Trinajstić information content (AvgIpc) is 3.34. The fraction of sp³-hybridized carbons (Fsp3) is 0.364. The summed E-state index contributed by atoms with van der Waals surface area (Å²) in [5.74, 6) is 1.44. The van der Waals surface area contributed by atoms with Crippen LogP contribution in [0.15, 0.2) is 47.6 Å². The third-order valence-electron chi connectivity index (χ3n) is 5.25. The first kappa shape index (κ1) is 18.3. The molecule has 2 heterocycles. The first-order chi connectivity index (χ1) is 13.4. The minimum Gasteiger partial charge on any atom is -0.454 e. The molecule has 0 aromatic heterocycles. The minimum atomic E-state index is -0.238. The van der Waals surface area contributed by atoms with E-state index in [0.29, 0.717) is 12.1 Å². The van der Waals surface area contributed by atoms with Gasteiger partial charge < -0.3 is 14.8 Å². The number of anilines is 1. The van der Waals surface area contributed by atoms with Crippen LogP contribution in [0.25, 0.3) is 0 Å². The van der Waals surface area contributed by atoms with E-state index in [4.69, 9.17) is 9.47 Å². The van der Waals surface area contributed by atoms with E-state index < -0.39 is 0 Å². The quantitative estimate of drug-likeness (QED) is 0.860. The van der Waals surface area contributed by atoms with Crippen molar-refractivity contribution in [3.63, 3.8) is 0 Å². The third kappa shape index (κ3) is 3.67. The molecular formula is C22H25N3O3. The molecule has 0 aliphatic carbocycles. The van der Waals surface area contributed by atoms with Gasteiger partial charge in [-0.1, -0.05) is 19.9 Å². The van der Waals surface area contributed by atoms with Crippen LogP contribution in [0.3, 0.4) is 0 Å². The number of hydrazone groups is 1. The Balaban J connectivity index is 1.39. The van der Waals surface area contributed by atoms with Gasteiger partial charge >= 0.3 is 0 Å². The van der Waals surface area contributed by atoms with Crippen LogP contribution in [-0.4, -0.2) is 31.5 Å². The van der Waals surface area contributed by atoms with E-state index in [1.165, 1.54) is 0 Å². The van der Waals surface area contributed by atoms with Crippen LogP contribution < -0.4 is 19.8 Å². The molecule has 0 spiro atoms. The summed E-state index contributed by atoms with van der Waals surface area (Å²) in [7, 11) is 0. The van der Waals surface area contributed by atoms with E-state index in [-0.39, 0.29) is 18.1 Å². The number of hydrogen-bond donors (Lipinski definition) is 1. The zero-order valence-corrected chi connectivity index (χ0v) is 16.5. The fourth-order valence-electron chi connectivity index (χ4n) is 3.37. The summed E-state index contributed by atoms with van der Waals surface area (Å²) in [5, 5.41) is 9.51. The lowest BCUT2D eigenvalue weighted by Gasteiger charge is -2.26. The fourth-order valence-corrected chi connectivity index (χ4v) is 3.37. The highest BCUT2D eigenvalue weighted by molar-refractivity contribution is 5.94. The van der Waals surface area contributed by atoms with E-state index in [1.54, 1.807) is 0 Å². The Morgan fingerprint density at radius 1 is 1.14 bits per heavy atom. The number of benzene rings is 2. The summed E-state index contributed by atoms with van der Waals surface area (Å²) in [6.45, 7) is 7.89. The van der Waals surface area contributed by atoms with Crippen molar-refractivity contribution in [2.75, 3.05) is 24.9 Å². The van der Waals surface area contributed by atoms with Gasteiger partial charge in [0.15, 0.2) is 11.5 Å². The molecule has 0 saturated heterocycles. The van der Waals surface area contributed by atoms with Gasteiger partial charge in [0.2, 0.25) is 6.79 Å². The predicted octanol–water partition coefficient (Wildman–Crippen LogP) is 3.71. The van der Waals surface area contributed by atoms with Crippen LogP contribution in [0.2, 0.25) is 0 Å². The van der Waals surface area contributed by atoms with Gasteiger partial charge in [0.25, 0.3) is 5.91 Å². The second kappa shape index (κ2) is 7.19. The number of fused-ring (bicyclic) bond motifs is 1. The smallest absolute Gasteiger partial charge is 0.251 e. The first-order valence-corrected chi connectivity index (χ1v) is 9.52. The van der Waals surface area contributed by atoms with Gasteiger partial charge in [0.1, 0.15) is 0 Å². The summed E-state index contributed by atoms with van der Waals surface area (Å²) < 4.78 is 10.8. The van der Waals surface area contributed by atoms with Crippen molar-refractivity contribution in [3.8, 4) is 11.5 Å². The molecule has 0 radical (unpaired) electrons. The molecule has 2 aliphatic heterocycles. The number of nitrogens with one attached hydrogen (secondary N) is 1. The Bertz CT molecular complexity index is 919. The second-order valence-electron chi connectivity index (χ2n) is 7.89.